The molecule has 2 aliphatic rings. The van der Waals surface area contributed by atoms with Gasteiger partial charge in [0.1, 0.15) is 5.54 Å². The Morgan fingerprint density at radius 3 is 2.81 bits per heavy atom. The number of hydrogen-bond acceptors (Lipinski definition) is 4. The van der Waals surface area contributed by atoms with Gasteiger partial charge in [-0.1, -0.05) is 20.3 Å². The molecule has 1 aliphatic carbocycles. The van der Waals surface area contributed by atoms with Crippen molar-refractivity contribution in [3.8, 4) is 0 Å². The number of carbonyl (C=O) groups is 1. The Labute approximate surface area is 129 Å². The standard InChI is InChI=1S/C17H32N2O2/c1-4-6-14-8-11-19(13-14)15-7-9-17(12-15,16(20)21-3)18-10-5-2/h14-15,18H,4-13H2,1-3H3. The molecule has 4 nitrogen and oxygen atoms in total. The molecule has 0 bridgehead atoms. The van der Waals surface area contributed by atoms with E-state index in [1.165, 1.54) is 39.5 Å². The lowest BCUT2D eigenvalue weighted by Crippen LogP contribution is -2.52. The Bertz CT molecular complexity index is 348. The molecule has 1 saturated heterocycles. The fourth-order valence-electron chi connectivity index (χ4n) is 4.15. The summed E-state index contributed by atoms with van der Waals surface area (Å²) < 4.78 is 5.09. The molecule has 0 aromatic heterocycles. The van der Waals surface area contributed by atoms with E-state index >= 15 is 0 Å². The van der Waals surface area contributed by atoms with Crippen LogP contribution in [0, 0.1) is 5.92 Å². The summed E-state index contributed by atoms with van der Waals surface area (Å²) in [5.41, 5.74) is -0.432. The van der Waals surface area contributed by atoms with Crippen LogP contribution in [0.1, 0.15) is 58.8 Å². The first-order chi connectivity index (χ1) is 10.1. The molecule has 1 N–H and O–H groups in total. The zero-order chi connectivity index (χ0) is 15.3. The summed E-state index contributed by atoms with van der Waals surface area (Å²) in [5.74, 6) is 0.800. The number of nitrogens with one attached hydrogen (secondary N) is 1. The lowest BCUT2D eigenvalue weighted by atomic mass is 9.97. The van der Waals surface area contributed by atoms with Crippen molar-refractivity contribution in [3.63, 3.8) is 0 Å². The molecule has 122 valence electrons. The van der Waals surface area contributed by atoms with Crippen molar-refractivity contribution in [2.75, 3.05) is 26.7 Å². The van der Waals surface area contributed by atoms with E-state index in [4.69, 9.17) is 4.74 Å². The fraction of sp³-hybridized carbons (Fsp3) is 0.941. The van der Waals surface area contributed by atoms with Crippen molar-refractivity contribution < 1.29 is 9.53 Å². The van der Waals surface area contributed by atoms with Gasteiger partial charge in [-0.3, -0.25) is 4.79 Å². The first-order valence-corrected chi connectivity index (χ1v) is 8.72. The minimum atomic E-state index is -0.432. The van der Waals surface area contributed by atoms with Crippen molar-refractivity contribution in [1.29, 1.82) is 0 Å². The summed E-state index contributed by atoms with van der Waals surface area (Å²) in [6.45, 7) is 7.74. The predicted molar refractivity (Wildman–Crippen MR) is 85.3 cm³/mol. The second-order valence-electron chi connectivity index (χ2n) is 6.84. The Hall–Kier alpha value is -0.610. The Balaban J connectivity index is 1.95. The number of esters is 1. The summed E-state index contributed by atoms with van der Waals surface area (Å²) in [7, 11) is 1.51. The van der Waals surface area contributed by atoms with Crippen LogP contribution in [0.2, 0.25) is 0 Å². The van der Waals surface area contributed by atoms with Gasteiger partial charge < -0.3 is 15.0 Å². The monoisotopic (exact) mass is 296 g/mol. The molecule has 21 heavy (non-hydrogen) atoms. The zero-order valence-electron chi connectivity index (χ0n) is 14.0. The van der Waals surface area contributed by atoms with E-state index in [1.54, 1.807) is 0 Å². The number of nitrogens with zero attached hydrogens (tertiary/aromatic N) is 1. The van der Waals surface area contributed by atoms with Gasteiger partial charge in [0.25, 0.3) is 0 Å². The van der Waals surface area contributed by atoms with Crippen LogP contribution in [-0.4, -0.2) is 49.2 Å². The van der Waals surface area contributed by atoms with Gasteiger partial charge in [-0.15, -0.1) is 0 Å². The third-order valence-electron chi connectivity index (χ3n) is 5.31. The third kappa shape index (κ3) is 3.78. The molecule has 1 aliphatic heterocycles. The van der Waals surface area contributed by atoms with Crippen LogP contribution in [-0.2, 0) is 9.53 Å². The SMILES string of the molecule is CCCNC1(C(=O)OC)CCC(N2CCC(CCC)C2)C1. The van der Waals surface area contributed by atoms with Gasteiger partial charge in [-0.2, -0.15) is 0 Å². The first-order valence-electron chi connectivity index (χ1n) is 8.72. The summed E-state index contributed by atoms with van der Waals surface area (Å²) in [4.78, 5) is 14.9. The smallest absolute Gasteiger partial charge is 0.326 e. The minimum Gasteiger partial charge on any atom is -0.468 e. The molecule has 0 spiro atoms. The van der Waals surface area contributed by atoms with Crippen LogP contribution in [0.25, 0.3) is 0 Å². The first kappa shape index (κ1) is 16.8. The summed E-state index contributed by atoms with van der Waals surface area (Å²) >= 11 is 0. The highest BCUT2D eigenvalue weighted by molar-refractivity contribution is 5.81. The predicted octanol–water partition coefficient (Wildman–Crippen LogP) is 2.57. The van der Waals surface area contributed by atoms with Gasteiger partial charge in [-0.05, 0) is 57.5 Å². The second-order valence-corrected chi connectivity index (χ2v) is 6.84. The van der Waals surface area contributed by atoms with Crippen LogP contribution in [0.5, 0.6) is 0 Å². The maximum atomic E-state index is 12.3. The minimum absolute atomic E-state index is 0.0669. The molecule has 1 heterocycles. The lowest BCUT2D eigenvalue weighted by molar-refractivity contribution is -0.148. The molecule has 1 saturated carbocycles. The van der Waals surface area contributed by atoms with E-state index in [-0.39, 0.29) is 5.97 Å². The van der Waals surface area contributed by atoms with E-state index in [0.717, 1.165) is 38.1 Å². The number of rotatable bonds is 7. The highest BCUT2D eigenvalue weighted by Gasteiger charge is 2.48. The molecule has 3 unspecified atom stereocenters. The van der Waals surface area contributed by atoms with Crippen LogP contribution in [0.4, 0.5) is 0 Å². The van der Waals surface area contributed by atoms with Gasteiger partial charge in [0.2, 0.25) is 0 Å². The lowest BCUT2D eigenvalue weighted by Gasteiger charge is -2.30. The number of ether oxygens (including phenoxy) is 1. The molecule has 2 fully saturated rings. The van der Waals surface area contributed by atoms with Crippen molar-refractivity contribution in [1.82, 2.24) is 10.2 Å². The van der Waals surface area contributed by atoms with Crippen molar-refractivity contribution >= 4 is 5.97 Å². The van der Waals surface area contributed by atoms with Crippen LogP contribution in [0.3, 0.4) is 0 Å². The second kappa shape index (κ2) is 7.59. The summed E-state index contributed by atoms with van der Waals surface area (Å²) in [6, 6.07) is 0.551. The Kier molecular flexibility index (Phi) is 6.06. The summed E-state index contributed by atoms with van der Waals surface area (Å²) in [6.07, 6.45) is 7.96. The quantitative estimate of drug-likeness (QED) is 0.733. The fourth-order valence-corrected chi connectivity index (χ4v) is 4.15. The van der Waals surface area contributed by atoms with E-state index in [0.29, 0.717) is 6.04 Å². The number of hydrogen-bond donors (Lipinski definition) is 1. The molecule has 3 atom stereocenters. The number of methoxy groups -OCH3 is 1. The van der Waals surface area contributed by atoms with Crippen molar-refractivity contribution in [2.24, 2.45) is 5.92 Å². The van der Waals surface area contributed by atoms with Crippen molar-refractivity contribution in [2.45, 2.75) is 70.4 Å². The highest BCUT2D eigenvalue weighted by atomic mass is 16.5. The van der Waals surface area contributed by atoms with Crippen LogP contribution >= 0.6 is 0 Å². The highest BCUT2D eigenvalue weighted by Crippen LogP contribution is 2.37. The largest absolute Gasteiger partial charge is 0.468 e. The average Bonchev–Trinajstić information content (AvgIpc) is 3.12. The molecule has 0 aromatic carbocycles. The van der Waals surface area contributed by atoms with Crippen LogP contribution < -0.4 is 5.32 Å². The van der Waals surface area contributed by atoms with Gasteiger partial charge in [0.05, 0.1) is 7.11 Å². The normalized spacial score (nSPS) is 33.5. The number of likely N-dealkylation sites (tertiary alicyclic amines) is 1. The van der Waals surface area contributed by atoms with Gasteiger partial charge in [-0.25, -0.2) is 0 Å². The van der Waals surface area contributed by atoms with Gasteiger partial charge in [0, 0.05) is 12.6 Å². The van der Waals surface area contributed by atoms with E-state index < -0.39 is 5.54 Å². The number of carbonyl (C=O) groups excluding carboxylic acids is 1. The Morgan fingerprint density at radius 1 is 1.33 bits per heavy atom. The molecular formula is C17H32N2O2. The average molecular weight is 296 g/mol. The molecule has 0 radical (unpaired) electrons. The molecule has 0 amide bonds. The molecule has 4 heteroatoms. The van der Waals surface area contributed by atoms with E-state index in [1.807, 2.05) is 0 Å². The van der Waals surface area contributed by atoms with Gasteiger partial charge in [0.15, 0.2) is 0 Å². The van der Waals surface area contributed by atoms with E-state index in [2.05, 4.69) is 24.1 Å². The summed E-state index contributed by atoms with van der Waals surface area (Å²) in [5, 5.41) is 3.48. The Morgan fingerprint density at radius 2 is 2.14 bits per heavy atom. The third-order valence-corrected chi connectivity index (χ3v) is 5.31. The van der Waals surface area contributed by atoms with Gasteiger partial charge >= 0.3 is 5.97 Å². The molecular weight excluding hydrogens is 264 g/mol. The molecule has 2 rings (SSSR count). The van der Waals surface area contributed by atoms with E-state index in [9.17, 15) is 4.79 Å². The zero-order valence-corrected chi connectivity index (χ0v) is 14.0. The topological polar surface area (TPSA) is 41.6 Å². The molecule has 0 aromatic rings. The maximum absolute atomic E-state index is 12.3. The maximum Gasteiger partial charge on any atom is 0.326 e. The van der Waals surface area contributed by atoms with Crippen LogP contribution in [0.15, 0.2) is 0 Å². The van der Waals surface area contributed by atoms with Crippen molar-refractivity contribution in [3.05, 3.63) is 0 Å².